The van der Waals surface area contributed by atoms with E-state index in [0.717, 1.165) is 23.9 Å². The largest absolute Gasteiger partial charge is 0.300 e. The molecule has 4 aliphatic heterocycles. The first kappa shape index (κ1) is 10.8. The van der Waals surface area contributed by atoms with Crippen LogP contribution in [0.5, 0.6) is 0 Å². The summed E-state index contributed by atoms with van der Waals surface area (Å²) >= 11 is 0. The summed E-state index contributed by atoms with van der Waals surface area (Å²) < 4.78 is 0. The third kappa shape index (κ3) is 1.76. The maximum atomic E-state index is 2.87. The number of hydrogen-bond acceptors (Lipinski definition) is 2. The zero-order valence-electron chi connectivity index (χ0n) is 11.0. The lowest BCUT2D eigenvalue weighted by Crippen LogP contribution is -2.63. The number of piperidine rings is 4. The Morgan fingerprint density at radius 2 is 1.18 bits per heavy atom. The highest BCUT2D eigenvalue weighted by molar-refractivity contribution is 5.00. The van der Waals surface area contributed by atoms with Crippen LogP contribution in [0.25, 0.3) is 0 Å². The maximum Gasteiger partial charge on any atom is 0.0136 e. The van der Waals surface area contributed by atoms with Crippen LogP contribution in [0.1, 0.15) is 44.9 Å². The van der Waals surface area contributed by atoms with Gasteiger partial charge in [-0.3, -0.25) is 9.80 Å². The molecule has 0 aromatic rings. The minimum Gasteiger partial charge on any atom is -0.300 e. The van der Waals surface area contributed by atoms with Crippen molar-refractivity contribution in [3.8, 4) is 0 Å². The van der Waals surface area contributed by atoms with Gasteiger partial charge in [-0.05, 0) is 57.0 Å². The number of hydrogen-bond donors (Lipinski definition) is 0. The zero-order valence-corrected chi connectivity index (χ0v) is 11.0. The summed E-state index contributed by atoms with van der Waals surface area (Å²) in [4.78, 5) is 5.74. The van der Waals surface area contributed by atoms with E-state index in [1.165, 1.54) is 64.7 Å². The van der Waals surface area contributed by atoms with Crippen molar-refractivity contribution < 1.29 is 0 Å². The molecule has 4 aliphatic rings. The molecule has 2 nitrogen and oxygen atoms in total. The van der Waals surface area contributed by atoms with Gasteiger partial charge in [0.25, 0.3) is 0 Å². The fourth-order valence-corrected chi connectivity index (χ4v) is 5.25. The van der Waals surface area contributed by atoms with Gasteiger partial charge in [-0.2, -0.15) is 0 Å². The average Bonchev–Trinajstić information content (AvgIpc) is 2.39. The Bertz CT molecular complexity index is 263. The van der Waals surface area contributed by atoms with Crippen LogP contribution in [0.4, 0.5) is 0 Å². The van der Waals surface area contributed by atoms with Crippen molar-refractivity contribution in [1.29, 1.82) is 0 Å². The predicted octanol–water partition coefficient (Wildman–Crippen LogP) is 2.35. The molecule has 0 N–H and O–H groups in total. The highest BCUT2D eigenvalue weighted by atomic mass is 15.3. The van der Waals surface area contributed by atoms with Gasteiger partial charge in [0, 0.05) is 25.2 Å². The van der Waals surface area contributed by atoms with Crippen molar-refractivity contribution in [3.05, 3.63) is 0 Å². The van der Waals surface area contributed by atoms with E-state index in [4.69, 9.17) is 0 Å². The van der Waals surface area contributed by atoms with E-state index in [2.05, 4.69) is 9.80 Å². The van der Waals surface area contributed by atoms with E-state index in [-0.39, 0.29) is 0 Å². The summed E-state index contributed by atoms with van der Waals surface area (Å²) in [5, 5.41) is 0. The lowest BCUT2D eigenvalue weighted by molar-refractivity contribution is -0.0718. The predicted molar refractivity (Wildman–Crippen MR) is 70.0 cm³/mol. The van der Waals surface area contributed by atoms with Crippen molar-refractivity contribution in [3.63, 3.8) is 0 Å². The molecule has 0 aliphatic carbocycles. The molecule has 0 radical (unpaired) electrons. The van der Waals surface area contributed by atoms with Gasteiger partial charge in [0.15, 0.2) is 0 Å². The molecular weight excluding hydrogens is 208 g/mol. The Labute approximate surface area is 105 Å². The number of nitrogens with zero attached hydrogens (tertiary/aromatic N) is 2. The van der Waals surface area contributed by atoms with Gasteiger partial charge in [0.2, 0.25) is 0 Å². The summed E-state index contributed by atoms with van der Waals surface area (Å²) in [5.41, 5.74) is 0. The molecular formula is C15H26N2. The summed E-state index contributed by atoms with van der Waals surface area (Å²) in [5.74, 6) is 2.03. The van der Waals surface area contributed by atoms with Gasteiger partial charge in [-0.15, -0.1) is 0 Å². The second kappa shape index (κ2) is 4.24. The van der Waals surface area contributed by atoms with Gasteiger partial charge < -0.3 is 0 Å². The lowest BCUT2D eigenvalue weighted by Gasteiger charge is -2.57. The average molecular weight is 234 g/mol. The second-order valence-corrected chi connectivity index (χ2v) is 6.87. The van der Waals surface area contributed by atoms with Crippen LogP contribution in [0.15, 0.2) is 0 Å². The molecule has 4 heterocycles. The summed E-state index contributed by atoms with van der Waals surface area (Å²) in [6.07, 6.45) is 10.5. The smallest absolute Gasteiger partial charge is 0.0136 e. The van der Waals surface area contributed by atoms with Crippen LogP contribution < -0.4 is 0 Å². The van der Waals surface area contributed by atoms with Crippen molar-refractivity contribution in [1.82, 2.24) is 9.80 Å². The Kier molecular flexibility index (Phi) is 2.69. The molecule has 0 saturated carbocycles. The first-order valence-corrected chi connectivity index (χ1v) is 7.90. The summed E-state index contributed by atoms with van der Waals surface area (Å²) in [6, 6.07) is 1.92. The molecule has 4 atom stereocenters. The minimum absolute atomic E-state index is 0.961. The van der Waals surface area contributed by atoms with Gasteiger partial charge >= 0.3 is 0 Å². The third-order valence-electron chi connectivity index (χ3n) is 5.96. The monoisotopic (exact) mass is 234 g/mol. The number of rotatable bonds is 0. The zero-order chi connectivity index (χ0) is 11.2. The van der Waals surface area contributed by atoms with Crippen molar-refractivity contribution in [2.45, 2.75) is 57.0 Å². The van der Waals surface area contributed by atoms with Gasteiger partial charge in [-0.25, -0.2) is 0 Å². The normalized spacial score (nSPS) is 47.3. The quantitative estimate of drug-likeness (QED) is 0.635. The Hall–Kier alpha value is -0.0800. The standard InChI is InChI=1S/C15H26N2/c1-3-7-16-11-13-9-12(14(16)5-1)10-17-8-4-2-6-15(13)17/h12-15H,1-11H2/t12-,13?,14?,15-/m0/s1. The van der Waals surface area contributed by atoms with E-state index < -0.39 is 0 Å². The molecule has 4 fully saturated rings. The van der Waals surface area contributed by atoms with E-state index >= 15 is 0 Å². The lowest BCUT2D eigenvalue weighted by atomic mass is 9.71. The summed E-state index contributed by atoms with van der Waals surface area (Å²) in [7, 11) is 0. The summed E-state index contributed by atoms with van der Waals surface area (Å²) in [6.45, 7) is 5.68. The first-order valence-electron chi connectivity index (χ1n) is 7.90. The van der Waals surface area contributed by atoms with Crippen molar-refractivity contribution >= 4 is 0 Å². The molecule has 17 heavy (non-hydrogen) atoms. The molecule has 4 saturated heterocycles. The maximum absolute atomic E-state index is 2.87. The Morgan fingerprint density at radius 1 is 0.647 bits per heavy atom. The first-order chi connectivity index (χ1) is 8.42. The topological polar surface area (TPSA) is 6.48 Å². The van der Waals surface area contributed by atoms with Crippen LogP contribution in [-0.2, 0) is 0 Å². The molecule has 4 rings (SSSR count). The van der Waals surface area contributed by atoms with E-state index in [1.807, 2.05) is 0 Å². The SMILES string of the molecule is C1CCN2CC3C[C@@H](CN4CCCC[C@@H]34)C2C1. The van der Waals surface area contributed by atoms with Gasteiger partial charge in [0.1, 0.15) is 0 Å². The van der Waals surface area contributed by atoms with Gasteiger partial charge in [-0.1, -0.05) is 12.8 Å². The molecule has 0 aromatic heterocycles. The highest BCUT2D eigenvalue weighted by Gasteiger charge is 2.46. The third-order valence-corrected chi connectivity index (χ3v) is 5.96. The molecule has 2 bridgehead atoms. The van der Waals surface area contributed by atoms with Crippen LogP contribution in [0.3, 0.4) is 0 Å². The van der Waals surface area contributed by atoms with Crippen molar-refractivity contribution in [2.75, 3.05) is 26.2 Å². The Morgan fingerprint density at radius 3 is 1.71 bits per heavy atom. The number of fused-ring (bicyclic) bond motifs is 6. The molecule has 0 spiro atoms. The Balaban J connectivity index is 1.56. The van der Waals surface area contributed by atoms with E-state index in [9.17, 15) is 0 Å². The van der Waals surface area contributed by atoms with Crippen molar-refractivity contribution in [2.24, 2.45) is 11.8 Å². The molecule has 2 heteroatoms. The van der Waals surface area contributed by atoms with Gasteiger partial charge in [0.05, 0.1) is 0 Å². The fraction of sp³-hybridized carbons (Fsp3) is 1.00. The van der Waals surface area contributed by atoms with Crippen LogP contribution in [-0.4, -0.2) is 48.1 Å². The fourth-order valence-electron chi connectivity index (χ4n) is 5.25. The minimum atomic E-state index is 0.961. The molecule has 96 valence electrons. The second-order valence-electron chi connectivity index (χ2n) is 6.87. The van der Waals surface area contributed by atoms with Crippen LogP contribution in [0, 0.1) is 11.8 Å². The van der Waals surface area contributed by atoms with Crippen LogP contribution >= 0.6 is 0 Å². The van der Waals surface area contributed by atoms with E-state index in [0.29, 0.717) is 0 Å². The van der Waals surface area contributed by atoms with Crippen LogP contribution in [0.2, 0.25) is 0 Å². The molecule has 0 aromatic carbocycles. The molecule has 0 amide bonds. The molecule has 2 unspecified atom stereocenters. The van der Waals surface area contributed by atoms with E-state index in [1.54, 1.807) is 6.42 Å². The highest BCUT2D eigenvalue weighted by Crippen LogP contribution is 2.42.